The summed E-state index contributed by atoms with van der Waals surface area (Å²) in [5.41, 5.74) is 6.62. The maximum absolute atomic E-state index is 12.5. The highest BCUT2D eigenvalue weighted by Gasteiger charge is 2.11. The van der Waals surface area contributed by atoms with Crippen LogP contribution in [0.2, 0.25) is 0 Å². The molecule has 5 aromatic rings. The van der Waals surface area contributed by atoms with Gasteiger partial charge >= 0.3 is 0 Å². The van der Waals surface area contributed by atoms with Crippen molar-refractivity contribution in [3.8, 4) is 11.1 Å². The first-order chi connectivity index (χ1) is 17.3. The highest BCUT2D eigenvalue weighted by atomic mass is 16.1. The molecule has 0 saturated heterocycles. The molecule has 0 radical (unpaired) electrons. The van der Waals surface area contributed by atoms with Gasteiger partial charge in [0.15, 0.2) is 0 Å². The number of imidazole rings is 1. The molecule has 4 aromatic carbocycles. The van der Waals surface area contributed by atoms with Gasteiger partial charge < -0.3 is 9.88 Å². The Morgan fingerprint density at radius 3 is 2.20 bits per heavy atom. The standard InChI is InChI=1S/C31H27N3O/c35-31(20-17-25-15-18-27(19-16-25)26-11-5-2-6-12-26)32-23-30-33-28-13-7-8-14-29(28)34(30)22-21-24-9-3-1-4-10-24/h1-20H,21-23H2,(H,32,35)/b20-17+. The molecule has 4 nitrogen and oxygen atoms in total. The third-order valence-electron chi connectivity index (χ3n) is 6.07. The maximum atomic E-state index is 12.5. The first kappa shape index (κ1) is 22.4. The topological polar surface area (TPSA) is 46.9 Å². The summed E-state index contributed by atoms with van der Waals surface area (Å²) in [5.74, 6) is 0.717. The van der Waals surface area contributed by atoms with E-state index in [-0.39, 0.29) is 5.91 Å². The normalized spacial score (nSPS) is 11.2. The van der Waals surface area contributed by atoms with Crippen LogP contribution in [-0.2, 0) is 24.3 Å². The molecule has 0 spiro atoms. The predicted octanol–water partition coefficient (Wildman–Crippen LogP) is 6.28. The molecule has 172 valence electrons. The van der Waals surface area contributed by atoms with Gasteiger partial charge in [-0.1, -0.05) is 97.1 Å². The van der Waals surface area contributed by atoms with E-state index in [1.165, 1.54) is 11.1 Å². The summed E-state index contributed by atoms with van der Waals surface area (Å²) in [6, 6.07) is 37.0. The monoisotopic (exact) mass is 457 g/mol. The largest absolute Gasteiger partial charge is 0.345 e. The number of nitrogens with one attached hydrogen (secondary N) is 1. The van der Waals surface area contributed by atoms with E-state index in [2.05, 4.69) is 64.5 Å². The third kappa shape index (κ3) is 5.56. The van der Waals surface area contributed by atoms with E-state index < -0.39 is 0 Å². The number of benzene rings is 4. The average molecular weight is 458 g/mol. The lowest BCUT2D eigenvalue weighted by Gasteiger charge is -2.10. The van der Waals surface area contributed by atoms with Gasteiger partial charge in [0, 0.05) is 12.6 Å². The quantitative estimate of drug-likeness (QED) is 0.279. The number of hydrogen-bond acceptors (Lipinski definition) is 2. The Labute approximate surface area is 205 Å². The molecule has 4 heteroatoms. The molecule has 0 unspecified atom stereocenters. The number of amides is 1. The Morgan fingerprint density at radius 2 is 1.43 bits per heavy atom. The lowest BCUT2D eigenvalue weighted by Crippen LogP contribution is -2.23. The molecule has 0 atom stereocenters. The van der Waals surface area contributed by atoms with Crippen LogP contribution in [0, 0.1) is 0 Å². The fourth-order valence-corrected chi connectivity index (χ4v) is 4.21. The summed E-state index contributed by atoms with van der Waals surface area (Å²) in [5, 5.41) is 3.00. The molecular formula is C31H27N3O. The van der Waals surface area contributed by atoms with E-state index >= 15 is 0 Å². The van der Waals surface area contributed by atoms with Gasteiger partial charge in [-0.2, -0.15) is 0 Å². The zero-order valence-corrected chi connectivity index (χ0v) is 19.5. The second-order valence-corrected chi connectivity index (χ2v) is 8.44. The number of carbonyl (C=O) groups is 1. The summed E-state index contributed by atoms with van der Waals surface area (Å²) in [6.45, 7) is 1.18. The van der Waals surface area contributed by atoms with Crippen LogP contribution in [0.5, 0.6) is 0 Å². The first-order valence-corrected chi connectivity index (χ1v) is 11.9. The van der Waals surface area contributed by atoms with Crippen molar-refractivity contribution in [2.75, 3.05) is 0 Å². The molecule has 0 aliphatic rings. The van der Waals surface area contributed by atoms with Crippen LogP contribution >= 0.6 is 0 Å². The Kier molecular flexibility index (Phi) is 6.81. The Hall–Kier alpha value is -4.44. The highest BCUT2D eigenvalue weighted by molar-refractivity contribution is 5.91. The van der Waals surface area contributed by atoms with Crippen LogP contribution < -0.4 is 5.32 Å². The minimum Gasteiger partial charge on any atom is -0.345 e. The second kappa shape index (κ2) is 10.7. The summed E-state index contributed by atoms with van der Waals surface area (Å²) >= 11 is 0. The highest BCUT2D eigenvalue weighted by Crippen LogP contribution is 2.20. The van der Waals surface area contributed by atoms with Gasteiger partial charge in [0.05, 0.1) is 17.6 Å². The molecule has 1 heterocycles. The van der Waals surface area contributed by atoms with Gasteiger partial charge in [-0.25, -0.2) is 4.98 Å². The number of carbonyl (C=O) groups excluding carboxylic acids is 1. The fourth-order valence-electron chi connectivity index (χ4n) is 4.21. The van der Waals surface area contributed by atoms with E-state index in [1.54, 1.807) is 6.08 Å². The molecular weight excluding hydrogens is 430 g/mol. The van der Waals surface area contributed by atoms with E-state index in [0.717, 1.165) is 41.0 Å². The summed E-state index contributed by atoms with van der Waals surface area (Å²) in [6.07, 6.45) is 4.32. The maximum Gasteiger partial charge on any atom is 0.244 e. The molecule has 5 rings (SSSR count). The second-order valence-electron chi connectivity index (χ2n) is 8.44. The zero-order chi connectivity index (χ0) is 23.9. The molecule has 0 aliphatic heterocycles. The molecule has 1 N–H and O–H groups in total. The summed E-state index contributed by atoms with van der Waals surface area (Å²) < 4.78 is 2.20. The van der Waals surface area contributed by atoms with Gasteiger partial charge in [0.25, 0.3) is 0 Å². The fraction of sp³-hybridized carbons (Fsp3) is 0.0968. The van der Waals surface area contributed by atoms with Gasteiger partial charge in [0.2, 0.25) is 5.91 Å². The van der Waals surface area contributed by atoms with Crippen molar-refractivity contribution in [3.05, 3.63) is 132 Å². The molecule has 0 aliphatic carbocycles. The summed E-state index contributed by atoms with van der Waals surface area (Å²) in [7, 11) is 0. The minimum atomic E-state index is -0.140. The lowest BCUT2D eigenvalue weighted by atomic mass is 10.0. The van der Waals surface area contributed by atoms with Crippen molar-refractivity contribution in [2.24, 2.45) is 0 Å². The zero-order valence-electron chi connectivity index (χ0n) is 19.5. The molecule has 1 amide bonds. The van der Waals surface area contributed by atoms with Crippen molar-refractivity contribution in [2.45, 2.75) is 19.5 Å². The van der Waals surface area contributed by atoms with Crippen LogP contribution in [-0.4, -0.2) is 15.5 Å². The van der Waals surface area contributed by atoms with Crippen molar-refractivity contribution >= 4 is 23.0 Å². The number of rotatable bonds is 8. The van der Waals surface area contributed by atoms with Crippen molar-refractivity contribution in [1.82, 2.24) is 14.9 Å². The van der Waals surface area contributed by atoms with Gasteiger partial charge in [-0.3, -0.25) is 4.79 Å². The van der Waals surface area contributed by atoms with E-state index in [1.807, 2.05) is 60.7 Å². The molecule has 1 aromatic heterocycles. The van der Waals surface area contributed by atoms with Crippen LogP contribution in [0.15, 0.2) is 115 Å². The number of aryl methyl sites for hydroxylation is 2. The third-order valence-corrected chi connectivity index (χ3v) is 6.07. The Bertz CT molecular complexity index is 1440. The molecule has 0 bridgehead atoms. The van der Waals surface area contributed by atoms with Crippen LogP contribution in [0.4, 0.5) is 0 Å². The first-order valence-electron chi connectivity index (χ1n) is 11.9. The van der Waals surface area contributed by atoms with Crippen LogP contribution in [0.1, 0.15) is 17.0 Å². The van der Waals surface area contributed by atoms with E-state index in [0.29, 0.717) is 6.54 Å². The Morgan fingerprint density at radius 1 is 0.771 bits per heavy atom. The predicted molar refractivity (Wildman–Crippen MR) is 143 cm³/mol. The Balaban J connectivity index is 1.24. The van der Waals surface area contributed by atoms with Crippen molar-refractivity contribution in [3.63, 3.8) is 0 Å². The van der Waals surface area contributed by atoms with Crippen LogP contribution in [0.3, 0.4) is 0 Å². The van der Waals surface area contributed by atoms with Gasteiger partial charge in [-0.05, 0) is 46.9 Å². The number of hydrogen-bond donors (Lipinski definition) is 1. The van der Waals surface area contributed by atoms with Crippen LogP contribution in [0.25, 0.3) is 28.2 Å². The molecule has 35 heavy (non-hydrogen) atoms. The molecule has 0 saturated carbocycles. The number of para-hydroxylation sites is 2. The molecule has 0 fully saturated rings. The average Bonchev–Trinajstić information content (AvgIpc) is 3.28. The van der Waals surface area contributed by atoms with Crippen molar-refractivity contribution in [1.29, 1.82) is 0 Å². The van der Waals surface area contributed by atoms with Gasteiger partial charge in [0.1, 0.15) is 5.82 Å². The number of fused-ring (bicyclic) bond motifs is 1. The van der Waals surface area contributed by atoms with E-state index in [4.69, 9.17) is 4.98 Å². The van der Waals surface area contributed by atoms with Gasteiger partial charge in [-0.15, -0.1) is 0 Å². The van der Waals surface area contributed by atoms with Crippen molar-refractivity contribution < 1.29 is 4.79 Å². The van der Waals surface area contributed by atoms with E-state index in [9.17, 15) is 4.79 Å². The summed E-state index contributed by atoms with van der Waals surface area (Å²) in [4.78, 5) is 17.3. The number of aromatic nitrogens is 2. The number of nitrogens with zero attached hydrogens (tertiary/aromatic N) is 2. The lowest BCUT2D eigenvalue weighted by molar-refractivity contribution is -0.116. The SMILES string of the molecule is O=C(/C=C/c1ccc(-c2ccccc2)cc1)NCc1nc2ccccc2n1CCc1ccccc1. The minimum absolute atomic E-state index is 0.140. The smallest absolute Gasteiger partial charge is 0.244 e.